The van der Waals surface area contributed by atoms with Gasteiger partial charge in [0.2, 0.25) is 0 Å². The summed E-state index contributed by atoms with van der Waals surface area (Å²) in [4.78, 5) is 32.2. The molecule has 0 spiro atoms. The fraction of sp³-hybridized carbons (Fsp3) is 0.167. The standard InChI is InChI=1S/C12H12FN3O5/c1-2-3-10(11(17)18)15-12(19)14-8-4-7(13)5-9(6-8)16(20)21/h2,4-6,10H,1,3H2,(H,17,18)(H2,14,15,19). The van der Waals surface area contributed by atoms with E-state index in [1.165, 1.54) is 6.08 Å². The number of nitrogens with zero attached hydrogens (tertiary/aromatic N) is 1. The normalized spacial score (nSPS) is 11.3. The Labute approximate surface area is 118 Å². The van der Waals surface area contributed by atoms with E-state index < -0.39 is 34.5 Å². The van der Waals surface area contributed by atoms with Crippen LogP contribution in [-0.2, 0) is 4.79 Å². The van der Waals surface area contributed by atoms with Gasteiger partial charge in [0.05, 0.1) is 16.7 Å². The number of nitro groups is 1. The van der Waals surface area contributed by atoms with Crippen LogP contribution in [0.4, 0.5) is 20.6 Å². The summed E-state index contributed by atoms with van der Waals surface area (Å²) in [5.41, 5.74) is -0.701. The highest BCUT2D eigenvalue weighted by Crippen LogP contribution is 2.19. The van der Waals surface area contributed by atoms with Gasteiger partial charge in [0, 0.05) is 6.07 Å². The quantitative estimate of drug-likeness (QED) is 0.420. The Morgan fingerprint density at radius 1 is 1.48 bits per heavy atom. The first-order valence-electron chi connectivity index (χ1n) is 5.69. The molecule has 0 aliphatic carbocycles. The molecule has 8 nitrogen and oxygen atoms in total. The minimum Gasteiger partial charge on any atom is -0.480 e. The fourth-order valence-corrected chi connectivity index (χ4v) is 1.47. The number of carboxylic acid groups (broad SMARTS) is 1. The van der Waals surface area contributed by atoms with E-state index >= 15 is 0 Å². The number of benzene rings is 1. The Morgan fingerprint density at radius 3 is 2.67 bits per heavy atom. The second-order valence-electron chi connectivity index (χ2n) is 3.97. The van der Waals surface area contributed by atoms with Crippen molar-refractivity contribution in [2.45, 2.75) is 12.5 Å². The molecule has 0 bridgehead atoms. The molecule has 0 saturated carbocycles. The summed E-state index contributed by atoms with van der Waals surface area (Å²) in [6, 6.07) is 0.387. The molecule has 1 aromatic rings. The Kier molecular flexibility index (Phi) is 5.35. The molecule has 1 atom stereocenters. The highest BCUT2D eigenvalue weighted by atomic mass is 19.1. The molecule has 3 N–H and O–H groups in total. The molecule has 0 fully saturated rings. The van der Waals surface area contributed by atoms with Crippen LogP contribution in [0.25, 0.3) is 0 Å². The van der Waals surface area contributed by atoms with Gasteiger partial charge in [0.1, 0.15) is 11.9 Å². The summed E-state index contributed by atoms with van der Waals surface area (Å²) in [5, 5.41) is 23.7. The first kappa shape index (κ1) is 16.1. The lowest BCUT2D eigenvalue weighted by Crippen LogP contribution is -2.42. The molecular weight excluding hydrogens is 285 g/mol. The zero-order chi connectivity index (χ0) is 16.0. The lowest BCUT2D eigenvalue weighted by molar-refractivity contribution is -0.385. The van der Waals surface area contributed by atoms with Crippen molar-refractivity contribution in [1.29, 1.82) is 0 Å². The van der Waals surface area contributed by atoms with Crippen molar-refractivity contribution >= 4 is 23.4 Å². The molecule has 1 rings (SSSR count). The van der Waals surface area contributed by atoms with E-state index in [1.807, 2.05) is 0 Å². The number of halogens is 1. The Morgan fingerprint density at radius 2 is 2.14 bits per heavy atom. The van der Waals surface area contributed by atoms with Crippen LogP contribution in [0.15, 0.2) is 30.9 Å². The molecule has 0 saturated heterocycles. The van der Waals surface area contributed by atoms with Crippen molar-refractivity contribution in [3.8, 4) is 0 Å². The summed E-state index contributed by atoms with van der Waals surface area (Å²) in [5.74, 6) is -2.17. The van der Waals surface area contributed by atoms with Crippen LogP contribution in [0.5, 0.6) is 0 Å². The molecule has 112 valence electrons. The maximum atomic E-state index is 13.2. The maximum Gasteiger partial charge on any atom is 0.326 e. The first-order chi connectivity index (χ1) is 9.83. The van der Waals surface area contributed by atoms with E-state index in [1.54, 1.807) is 0 Å². The van der Waals surface area contributed by atoms with Gasteiger partial charge < -0.3 is 15.7 Å². The predicted molar refractivity (Wildman–Crippen MR) is 71.4 cm³/mol. The molecular formula is C12H12FN3O5. The van der Waals surface area contributed by atoms with Gasteiger partial charge in [-0.3, -0.25) is 10.1 Å². The predicted octanol–water partition coefficient (Wildman–Crippen LogP) is 1.88. The van der Waals surface area contributed by atoms with Crippen molar-refractivity contribution in [3.63, 3.8) is 0 Å². The van der Waals surface area contributed by atoms with Crippen LogP contribution in [0.2, 0.25) is 0 Å². The second-order valence-corrected chi connectivity index (χ2v) is 3.97. The summed E-state index contributed by atoms with van der Waals surface area (Å²) in [6.45, 7) is 3.36. The molecule has 1 unspecified atom stereocenters. The molecule has 1 aromatic carbocycles. The number of anilines is 1. The molecule has 0 radical (unpaired) electrons. The molecule has 0 aromatic heterocycles. The van der Waals surface area contributed by atoms with Crippen LogP contribution in [-0.4, -0.2) is 28.1 Å². The van der Waals surface area contributed by atoms with Gasteiger partial charge >= 0.3 is 12.0 Å². The lowest BCUT2D eigenvalue weighted by Gasteiger charge is -2.13. The Bertz CT molecular complexity index is 590. The van der Waals surface area contributed by atoms with E-state index in [-0.39, 0.29) is 12.1 Å². The number of amides is 2. The number of non-ortho nitro benzene ring substituents is 1. The van der Waals surface area contributed by atoms with E-state index in [0.717, 1.165) is 12.1 Å². The van der Waals surface area contributed by atoms with Crippen molar-refractivity contribution in [2.75, 3.05) is 5.32 Å². The molecule has 0 heterocycles. The third-order valence-corrected chi connectivity index (χ3v) is 2.36. The highest BCUT2D eigenvalue weighted by molar-refractivity contribution is 5.92. The maximum absolute atomic E-state index is 13.2. The average molecular weight is 297 g/mol. The van der Waals surface area contributed by atoms with Crippen molar-refractivity contribution < 1.29 is 24.0 Å². The number of carbonyl (C=O) groups is 2. The number of nitrogens with one attached hydrogen (secondary N) is 2. The second kappa shape index (κ2) is 6.98. The number of hydrogen-bond donors (Lipinski definition) is 3. The van der Waals surface area contributed by atoms with Crippen LogP contribution >= 0.6 is 0 Å². The van der Waals surface area contributed by atoms with Gasteiger partial charge in [-0.05, 0) is 12.5 Å². The van der Waals surface area contributed by atoms with Crippen molar-refractivity contribution in [3.05, 3.63) is 46.8 Å². The number of carboxylic acids is 1. The van der Waals surface area contributed by atoms with E-state index in [4.69, 9.17) is 5.11 Å². The highest BCUT2D eigenvalue weighted by Gasteiger charge is 2.19. The molecule has 2 amide bonds. The molecule has 9 heteroatoms. The van der Waals surface area contributed by atoms with Crippen molar-refractivity contribution in [2.24, 2.45) is 0 Å². The minimum absolute atomic E-state index is 0.00789. The minimum atomic E-state index is -1.27. The fourth-order valence-electron chi connectivity index (χ4n) is 1.47. The third kappa shape index (κ3) is 4.90. The monoisotopic (exact) mass is 297 g/mol. The summed E-state index contributed by atoms with van der Waals surface area (Å²) in [7, 11) is 0. The van der Waals surface area contributed by atoms with Crippen LogP contribution in [0.1, 0.15) is 6.42 Å². The van der Waals surface area contributed by atoms with Gasteiger partial charge in [-0.25, -0.2) is 14.0 Å². The number of carbonyl (C=O) groups excluding carboxylic acids is 1. The number of hydrogen-bond acceptors (Lipinski definition) is 4. The zero-order valence-electron chi connectivity index (χ0n) is 10.7. The Balaban J connectivity index is 2.81. The average Bonchev–Trinajstić information content (AvgIpc) is 2.37. The third-order valence-electron chi connectivity index (χ3n) is 2.36. The summed E-state index contributed by atoms with van der Waals surface area (Å²) >= 11 is 0. The first-order valence-corrected chi connectivity index (χ1v) is 5.69. The molecule has 0 aliphatic heterocycles. The Hall–Kier alpha value is -2.97. The lowest BCUT2D eigenvalue weighted by atomic mass is 10.2. The smallest absolute Gasteiger partial charge is 0.326 e. The van der Waals surface area contributed by atoms with Gasteiger partial charge in [0.25, 0.3) is 5.69 Å². The van der Waals surface area contributed by atoms with Crippen LogP contribution < -0.4 is 10.6 Å². The van der Waals surface area contributed by atoms with E-state index in [0.29, 0.717) is 6.07 Å². The van der Waals surface area contributed by atoms with E-state index in [2.05, 4.69) is 17.2 Å². The van der Waals surface area contributed by atoms with Crippen LogP contribution in [0.3, 0.4) is 0 Å². The van der Waals surface area contributed by atoms with Gasteiger partial charge in [-0.2, -0.15) is 0 Å². The van der Waals surface area contributed by atoms with Crippen molar-refractivity contribution in [1.82, 2.24) is 5.32 Å². The SMILES string of the molecule is C=CCC(NC(=O)Nc1cc(F)cc([N+](=O)[O-])c1)C(=O)O. The number of nitro benzene ring substituents is 1. The summed E-state index contributed by atoms with van der Waals surface area (Å²) < 4.78 is 13.2. The largest absolute Gasteiger partial charge is 0.480 e. The number of aliphatic carboxylic acids is 1. The summed E-state index contributed by atoms with van der Waals surface area (Å²) in [6.07, 6.45) is 1.30. The zero-order valence-corrected chi connectivity index (χ0v) is 10.7. The van der Waals surface area contributed by atoms with Gasteiger partial charge in [0.15, 0.2) is 0 Å². The topological polar surface area (TPSA) is 122 Å². The molecule has 0 aliphatic rings. The van der Waals surface area contributed by atoms with E-state index in [9.17, 15) is 24.1 Å². The van der Waals surface area contributed by atoms with Gasteiger partial charge in [-0.15, -0.1) is 6.58 Å². The number of rotatable bonds is 6. The molecule has 21 heavy (non-hydrogen) atoms. The van der Waals surface area contributed by atoms with Gasteiger partial charge in [-0.1, -0.05) is 6.08 Å². The number of urea groups is 1. The van der Waals surface area contributed by atoms with Crippen LogP contribution in [0, 0.1) is 15.9 Å².